The second-order valence-corrected chi connectivity index (χ2v) is 7.04. The summed E-state index contributed by atoms with van der Waals surface area (Å²) in [5.41, 5.74) is 0.922. The number of carbonyl (C=O) groups is 1. The van der Waals surface area contributed by atoms with Crippen molar-refractivity contribution in [1.82, 2.24) is 15.3 Å². The lowest BCUT2D eigenvalue weighted by Gasteiger charge is -2.06. The molecular formula is C17H18N4O2S. The first-order chi connectivity index (χ1) is 11.7. The van der Waals surface area contributed by atoms with E-state index in [1.165, 1.54) is 30.5 Å². The number of furan rings is 1. The molecule has 124 valence electrons. The van der Waals surface area contributed by atoms with Crippen molar-refractivity contribution in [3.63, 3.8) is 0 Å². The molecule has 7 heteroatoms. The van der Waals surface area contributed by atoms with E-state index in [1.54, 1.807) is 6.26 Å². The van der Waals surface area contributed by atoms with Gasteiger partial charge in [-0.2, -0.15) is 0 Å². The third kappa shape index (κ3) is 2.99. The predicted molar refractivity (Wildman–Crippen MR) is 93.2 cm³/mol. The number of thiophene rings is 1. The summed E-state index contributed by atoms with van der Waals surface area (Å²) in [6.07, 6.45) is 5.61. The predicted octanol–water partition coefficient (Wildman–Crippen LogP) is 3.34. The van der Waals surface area contributed by atoms with Gasteiger partial charge in [-0.25, -0.2) is 9.97 Å². The fourth-order valence-electron chi connectivity index (χ4n) is 2.65. The molecule has 1 fully saturated rings. The van der Waals surface area contributed by atoms with E-state index in [0.29, 0.717) is 17.3 Å². The molecule has 1 aliphatic rings. The van der Waals surface area contributed by atoms with Crippen molar-refractivity contribution in [2.75, 3.05) is 11.9 Å². The summed E-state index contributed by atoms with van der Waals surface area (Å²) in [4.78, 5) is 22.6. The van der Waals surface area contributed by atoms with Gasteiger partial charge in [0, 0.05) is 6.54 Å². The molecule has 2 N–H and O–H groups in total. The first kappa shape index (κ1) is 15.1. The Hall–Kier alpha value is -2.41. The van der Waals surface area contributed by atoms with Crippen LogP contribution < -0.4 is 10.6 Å². The minimum Gasteiger partial charge on any atom is -0.467 e. The maximum Gasteiger partial charge on any atom is 0.261 e. The number of nitrogens with one attached hydrogen (secondary N) is 2. The third-order valence-electron chi connectivity index (χ3n) is 4.19. The number of carbonyl (C=O) groups excluding carboxylic acids is 1. The van der Waals surface area contributed by atoms with Crippen LogP contribution in [0.15, 0.2) is 29.1 Å². The molecule has 1 aliphatic carbocycles. The number of fused-ring (bicyclic) bond motifs is 1. The number of amides is 1. The molecule has 0 aromatic carbocycles. The van der Waals surface area contributed by atoms with E-state index in [0.717, 1.165) is 33.9 Å². The fourth-order valence-corrected chi connectivity index (χ4v) is 3.71. The fraction of sp³-hybridized carbons (Fsp3) is 0.353. The Morgan fingerprint density at radius 1 is 1.42 bits per heavy atom. The van der Waals surface area contributed by atoms with E-state index < -0.39 is 0 Å². The van der Waals surface area contributed by atoms with Crippen molar-refractivity contribution in [1.29, 1.82) is 0 Å². The number of hydrogen-bond acceptors (Lipinski definition) is 6. The van der Waals surface area contributed by atoms with Crippen LogP contribution in [0.5, 0.6) is 0 Å². The highest BCUT2D eigenvalue weighted by molar-refractivity contribution is 7.20. The lowest BCUT2D eigenvalue weighted by molar-refractivity contribution is 0.0955. The van der Waals surface area contributed by atoms with E-state index in [1.807, 2.05) is 19.1 Å². The van der Waals surface area contributed by atoms with Gasteiger partial charge in [-0.15, -0.1) is 11.3 Å². The van der Waals surface area contributed by atoms with Gasteiger partial charge in [-0.05, 0) is 43.4 Å². The minimum atomic E-state index is -0.0145. The third-order valence-corrected chi connectivity index (χ3v) is 5.39. The number of rotatable bonds is 6. The molecule has 0 aliphatic heterocycles. The summed E-state index contributed by atoms with van der Waals surface area (Å²) < 4.78 is 5.33. The molecule has 0 bridgehead atoms. The quantitative estimate of drug-likeness (QED) is 0.718. The average Bonchev–Trinajstić information content (AvgIpc) is 3.15. The maximum absolute atomic E-state index is 12.4. The van der Waals surface area contributed by atoms with E-state index in [4.69, 9.17) is 4.42 Å². The van der Waals surface area contributed by atoms with Crippen LogP contribution in [0.4, 0.5) is 5.82 Å². The second kappa shape index (κ2) is 6.24. The van der Waals surface area contributed by atoms with Crippen LogP contribution in [-0.4, -0.2) is 22.4 Å². The molecule has 6 nitrogen and oxygen atoms in total. The molecule has 3 heterocycles. The minimum absolute atomic E-state index is 0.0145. The highest BCUT2D eigenvalue weighted by atomic mass is 32.1. The highest BCUT2D eigenvalue weighted by Crippen LogP contribution is 2.34. The molecule has 24 heavy (non-hydrogen) atoms. The monoisotopic (exact) mass is 342 g/mol. The van der Waals surface area contributed by atoms with Crippen molar-refractivity contribution >= 4 is 33.3 Å². The normalized spacial score (nSPS) is 14.0. The van der Waals surface area contributed by atoms with Crippen molar-refractivity contribution in [2.45, 2.75) is 26.3 Å². The van der Waals surface area contributed by atoms with Crippen LogP contribution in [0.3, 0.4) is 0 Å². The zero-order valence-corrected chi connectivity index (χ0v) is 14.2. The molecule has 1 saturated carbocycles. The van der Waals surface area contributed by atoms with Crippen LogP contribution in [0.2, 0.25) is 0 Å². The zero-order valence-electron chi connectivity index (χ0n) is 13.3. The van der Waals surface area contributed by atoms with Gasteiger partial charge in [0.25, 0.3) is 5.91 Å². The first-order valence-electron chi connectivity index (χ1n) is 8.01. The number of aryl methyl sites for hydroxylation is 1. The summed E-state index contributed by atoms with van der Waals surface area (Å²) in [5.74, 6) is 2.21. The van der Waals surface area contributed by atoms with E-state index in [-0.39, 0.29) is 5.91 Å². The SMILES string of the molecule is Cc1c(C(=O)NCC2CC2)sc2ncnc(NCc3ccco3)c12. The summed E-state index contributed by atoms with van der Waals surface area (Å²) in [6.45, 7) is 3.26. The molecule has 3 aromatic heterocycles. The van der Waals surface area contributed by atoms with Gasteiger partial charge >= 0.3 is 0 Å². The molecule has 0 atom stereocenters. The van der Waals surface area contributed by atoms with Crippen LogP contribution in [0, 0.1) is 12.8 Å². The number of anilines is 1. The topological polar surface area (TPSA) is 80.0 Å². The highest BCUT2D eigenvalue weighted by Gasteiger charge is 2.24. The molecular weight excluding hydrogens is 324 g/mol. The van der Waals surface area contributed by atoms with Crippen molar-refractivity contribution in [2.24, 2.45) is 5.92 Å². The molecule has 4 rings (SSSR count). The number of nitrogens with zero attached hydrogens (tertiary/aromatic N) is 2. The van der Waals surface area contributed by atoms with Gasteiger partial charge in [0.1, 0.15) is 22.7 Å². The van der Waals surface area contributed by atoms with Crippen LogP contribution in [0.1, 0.15) is 33.8 Å². The van der Waals surface area contributed by atoms with Gasteiger partial charge in [0.05, 0.1) is 23.1 Å². The Morgan fingerprint density at radius 3 is 3.04 bits per heavy atom. The first-order valence-corrected chi connectivity index (χ1v) is 8.82. The van der Waals surface area contributed by atoms with Gasteiger partial charge in [-0.3, -0.25) is 4.79 Å². The van der Waals surface area contributed by atoms with E-state index >= 15 is 0 Å². The van der Waals surface area contributed by atoms with Gasteiger partial charge in [0.2, 0.25) is 0 Å². The Bertz CT molecular complexity index is 868. The standard InChI is InChI=1S/C17H18N4O2S/c1-10-13-15(18-8-12-3-2-6-23-12)20-9-21-17(13)24-14(10)16(22)19-7-11-4-5-11/h2-3,6,9,11H,4-5,7-8H2,1H3,(H,19,22)(H,18,20,21). The summed E-state index contributed by atoms with van der Waals surface area (Å²) in [5, 5.41) is 7.21. The maximum atomic E-state index is 12.4. The van der Waals surface area contributed by atoms with E-state index in [2.05, 4.69) is 20.6 Å². The Labute approximate surface area is 143 Å². The number of aromatic nitrogens is 2. The molecule has 0 radical (unpaired) electrons. The largest absolute Gasteiger partial charge is 0.467 e. The lowest BCUT2D eigenvalue weighted by Crippen LogP contribution is -2.25. The zero-order chi connectivity index (χ0) is 16.5. The molecule has 1 amide bonds. The lowest BCUT2D eigenvalue weighted by atomic mass is 10.2. The average molecular weight is 342 g/mol. The molecule has 0 unspecified atom stereocenters. The van der Waals surface area contributed by atoms with Crippen LogP contribution in [0.25, 0.3) is 10.2 Å². The number of hydrogen-bond donors (Lipinski definition) is 2. The van der Waals surface area contributed by atoms with Crippen LogP contribution in [-0.2, 0) is 6.54 Å². The molecule has 3 aromatic rings. The van der Waals surface area contributed by atoms with Gasteiger partial charge < -0.3 is 15.1 Å². The summed E-state index contributed by atoms with van der Waals surface area (Å²) >= 11 is 1.41. The summed E-state index contributed by atoms with van der Waals surface area (Å²) in [7, 11) is 0. The van der Waals surface area contributed by atoms with Gasteiger partial charge in [0.15, 0.2) is 0 Å². The smallest absolute Gasteiger partial charge is 0.261 e. The summed E-state index contributed by atoms with van der Waals surface area (Å²) in [6, 6.07) is 3.76. The Morgan fingerprint density at radius 2 is 2.29 bits per heavy atom. The molecule has 0 saturated heterocycles. The van der Waals surface area contributed by atoms with Crippen molar-refractivity contribution in [3.8, 4) is 0 Å². The van der Waals surface area contributed by atoms with Gasteiger partial charge in [-0.1, -0.05) is 0 Å². The van der Waals surface area contributed by atoms with Crippen molar-refractivity contribution < 1.29 is 9.21 Å². The second-order valence-electron chi connectivity index (χ2n) is 6.04. The van der Waals surface area contributed by atoms with E-state index in [9.17, 15) is 4.79 Å². The van der Waals surface area contributed by atoms with Crippen LogP contribution >= 0.6 is 11.3 Å². The molecule has 0 spiro atoms. The van der Waals surface area contributed by atoms with Crippen molar-refractivity contribution in [3.05, 3.63) is 40.9 Å². The Kier molecular flexibility index (Phi) is 3.93. The Balaban J connectivity index is 1.59.